The molecule has 0 unspecified atom stereocenters. The van der Waals surface area contributed by atoms with Crippen LogP contribution in [0.25, 0.3) is 0 Å². The molecule has 0 aliphatic carbocycles. The molecule has 0 fully saturated rings. The van der Waals surface area contributed by atoms with Gasteiger partial charge in [0.2, 0.25) is 0 Å². The van der Waals surface area contributed by atoms with Gasteiger partial charge in [0.15, 0.2) is 6.61 Å². The number of carboxylic acid groups (broad SMARTS) is 1. The maximum atomic E-state index is 10.6. The molecule has 4 heteroatoms. The molecular weight excluding hydrogens is 280 g/mol. The number of aryl methyl sites for hydroxylation is 1. The lowest BCUT2D eigenvalue weighted by atomic mass is 10.1. The monoisotopic (exact) mass is 300 g/mol. The van der Waals surface area contributed by atoms with E-state index >= 15 is 0 Å². The highest BCUT2D eigenvalue weighted by Gasteiger charge is 2.08. The molecule has 0 aliphatic rings. The Balaban J connectivity index is 2.05. The van der Waals surface area contributed by atoms with E-state index in [1.807, 2.05) is 36.4 Å². The molecule has 0 aliphatic heterocycles. The van der Waals surface area contributed by atoms with Crippen LogP contribution >= 0.6 is 0 Å². The van der Waals surface area contributed by atoms with E-state index in [-0.39, 0.29) is 6.61 Å². The van der Waals surface area contributed by atoms with Gasteiger partial charge in [-0.15, -0.1) is 0 Å². The molecular formula is C18H20O4. The van der Waals surface area contributed by atoms with Crippen LogP contribution in [0.1, 0.15) is 24.5 Å². The number of aliphatic carboxylic acids is 1. The number of carboxylic acids is 1. The normalized spacial score (nSPS) is 10.2. The topological polar surface area (TPSA) is 55.8 Å². The summed E-state index contributed by atoms with van der Waals surface area (Å²) < 4.78 is 11.1. The molecule has 2 aromatic carbocycles. The Morgan fingerprint density at radius 3 is 2.55 bits per heavy atom. The summed E-state index contributed by atoms with van der Waals surface area (Å²) in [6, 6.07) is 15.4. The summed E-state index contributed by atoms with van der Waals surface area (Å²) in [4.78, 5) is 10.6. The zero-order valence-electron chi connectivity index (χ0n) is 12.6. The Labute approximate surface area is 130 Å². The quantitative estimate of drug-likeness (QED) is 0.808. The highest BCUT2D eigenvalue weighted by atomic mass is 16.5. The lowest BCUT2D eigenvalue weighted by Crippen LogP contribution is -2.10. The molecule has 2 rings (SSSR count). The van der Waals surface area contributed by atoms with Crippen LogP contribution in [0.5, 0.6) is 11.5 Å². The smallest absolute Gasteiger partial charge is 0.341 e. The summed E-state index contributed by atoms with van der Waals surface area (Å²) in [7, 11) is 0. The fraction of sp³-hybridized carbons (Fsp3) is 0.278. The second-order valence-corrected chi connectivity index (χ2v) is 4.98. The number of rotatable bonds is 8. The SMILES string of the molecule is CCCc1cc(OCc2ccccc2)ccc1OCC(=O)O. The van der Waals surface area contributed by atoms with Gasteiger partial charge in [-0.2, -0.15) is 0 Å². The maximum absolute atomic E-state index is 10.6. The van der Waals surface area contributed by atoms with Crippen LogP contribution in [0.3, 0.4) is 0 Å². The van der Waals surface area contributed by atoms with Gasteiger partial charge in [0.25, 0.3) is 0 Å². The van der Waals surface area contributed by atoms with Crippen molar-refractivity contribution < 1.29 is 19.4 Å². The largest absolute Gasteiger partial charge is 0.489 e. The van der Waals surface area contributed by atoms with Crippen LogP contribution in [-0.2, 0) is 17.8 Å². The van der Waals surface area contributed by atoms with Gasteiger partial charge in [0, 0.05) is 0 Å². The summed E-state index contributed by atoms with van der Waals surface area (Å²) in [5.41, 5.74) is 2.07. The van der Waals surface area contributed by atoms with Crippen molar-refractivity contribution in [3.05, 3.63) is 59.7 Å². The molecule has 0 heterocycles. The van der Waals surface area contributed by atoms with Crippen molar-refractivity contribution >= 4 is 5.97 Å². The van der Waals surface area contributed by atoms with Gasteiger partial charge >= 0.3 is 5.97 Å². The fourth-order valence-corrected chi connectivity index (χ4v) is 2.13. The standard InChI is InChI=1S/C18H20O4/c1-2-6-15-11-16(9-10-17(15)22-13-18(19)20)21-12-14-7-4-3-5-8-14/h3-5,7-11H,2,6,12-13H2,1H3,(H,19,20). The first-order chi connectivity index (χ1) is 10.7. The third-order valence-electron chi connectivity index (χ3n) is 3.15. The van der Waals surface area contributed by atoms with E-state index < -0.39 is 5.97 Å². The van der Waals surface area contributed by atoms with Crippen molar-refractivity contribution in [3.8, 4) is 11.5 Å². The summed E-state index contributed by atoms with van der Waals surface area (Å²) >= 11 is 0. The first kappa shape index (κ1) is 15.9. The minimum atomic E-state index is -0.980. The highest BCUT2D eigenvalue weighted by Crippen LogP contribution is 2.26. The van der Waals surface area contributed by atoms with Gasteiger partial charge < -0.3 is 14.6 Å². The molecule has 0 radical (unpaired) electrons. The van der Waals surface area contributed by atoms with Crippen LogP contribution in [0.4, 0.5) is 0 Å². The third kappa shape index (κ3) is 4.81. The average molecular weight is 300 g/mol. The van der Waals surface area contributed by atoms with Gasteiger partial charge in [-0.3, -0.25) is 0 Å². The Hall–Kier alpha value is -2.49. The zero-order valence-corrected chi connectivity index (χ0v) is 12.6. The molecule has 0 saturated carbocycles. The minimum absolute atomic E-state index is 0.332. The molecule has 22 heavy (non-hydrogen) atoms. The molecule has 1 N–H and O–H groups in total. The minimum Gasteiger partial charge on any atom is -0.489 e. The molecule has 0 aromatic heterocycles. The van der Waals surface area contributed by atoms with Crippen molar-refractivity contribution in [2.24, 2.45) is 0 Å². The van der Waals surface area contributed by atoms with Crippen molar-refractivity contribution in [1.82, 2.24) is 0 Å². The van der Waals surface area contributed by atoms with Gasteiger partial charge in [-0.05, 0) is 35.7 Å². The van der Waals surface area contributed by atoms with Crippen LogP contribution in [0.15, 0.2) is 48.5 Å². The lowest BCUT2D eigenvalue weighted by Gasteiger charge is -2.12. The lowest BCUT2D eigenvalue weighted by molar-refractivity contribution is -0.139. The molecule has 0 saturated heterocycles. The Morgan fingerprint density at radius 1 is 1.09 bits per heavy atom. The number of hydrogen-bond acceptors (Lipinski definition) is 3. The molecule has 0 amide bonds. The Bertz CT molecular complexity index is 608. The summed E-state index contributed by atoms with van der Waals surface area (Å²) in [5.74, 6) is 0.387. The number of benzene rings is 2. The van der Waals surface area contributed by atoms with Gasteiger partial charge in [0.05, 0.1) is 0 Å². The Morgan fingerprint density at radius 2 is 1.86 bits per heavy atom. The van der Waals surface area contributed by atoms with E-state index in [0.29, 0.717) is 12.4 Å². The molecule has 0 bridgehead atoms. The van der Waals surface area contributed by atoms with Gasteiger partial charge in [-0.25, -0.2) is 4.79 Å². The first-order valence-corrected chi connectivity index (χ1v) is 7.33. The van der Waals surface area contributed by atoms with Crippen LogP contribution in [0.2, 0.25) is 0 Å². The average Bonchev–Trinajstić information content (AvgIpc) is 2.53. The first-order valence-electron chi connectivity index (χ1n) is 7.33. The van der Waals surface area contributed by atoms with E-state index in [0.717, 1.165) is 29.7 Å². The van der Waals surface area contributed by atoms with Crippen LogP contribution < -0.4 is 9.47 Å². The van der Waals surface area contributed by atoms with Crippen molar-refractivity contribution in [3.63, 3.8) is 0 Å². The van der Waals surface area contributed by atoms with Crippen LogP contribution in [0, 0.1) is 0 Å². The number of hydrogen-bond donors (Lipinski definition) is 1. The second kappa shape index (κ2) is 8.08. The summed E-state index contributed by atoms with van der Waals surface area (Å²) in [5, 5.41) is 8.71. The zero-order chi connectivity index (χ0) is 15.8. The molecule has 2 aromatic rings. The second-order valence-electron chi connectivity index (χ2n) is 4.98. The molecule has 0 spiro atoms. The predicted octanol–water partition coefficient (Wildman–Crippen LogP) is 3.68. The van der Waals surface area contributed by atoms with E-state index in [2.05, 4.69) is 6.92 Å². The Kier molecular flexibility index (Phi) is 5.83. The highest BCUT2D eigenvalue weighted by molar-refractivity contribution is 5.68. The fourth-order valence-electron chi connectivity index (χ4n) is 2.13. The van der Waals surface area contributed by atoms with Crippen LogP contribution in [-0.4, -0.2) is 17.7 Å². The van der Waals surface area contributed by atoms with E-state index in [1.165, 1.54) is 0 Å². The molecule has 116 valence electrons. The third-order valence-corrected chi connectivity index (χ3v) is 3.15. The molecule has 4 nitrogen and oxygen atoms in total. The van der Waals surface area contributed by atoms with Gasteiger partial charge in [-0.1, -0.05) is 43.7 Å². The number of ether oxygens (including phenoxy) is 2. The molecule has 0 atom stereocenters. The number of carbonyl (C=O) groups is 1. The van der Waals surface area contributed by atoms with E-state index in [1.54, 1.807) is 12.1 Å². The summed E-state index contributed by atoms with van der Waals surface area (Å²) in [6.45, 7) is 2.24. The van der Waals surface area contributed by atoms with Crippen molar-refractivity contribution in [2.75, 3.05) is 6.61 Å². The van der Waals surface area contributed by atoms with E-state index in [9.17, 15) is 4.79 Å². The van der Waals surface area contributed by atoms with Crippen molar-refractivity contribution in [2.45, 2.75) is 26.4 Å². The maximum Gasteiger partial charge on any atom is 0.341 e. The van der Waals surface area contributed by atoms with Gasteiger partial charge in [0.1, 0.15) is 18.1 Å². The van der Waals surface area contributed by atoms with E-state index in [4.69, 9.17) is 14.6 Å². The predicted molar refractivity (Wildman–Crippen MR) is 84.3 cm³/mol. The van der Waals surface area contributed by atoms with Crippen molar-refractivity contribution in [1.29, 1.82) is 0 Å². The summed E-state index contributed by atoms with van der Waals surface area (Å²) in [6.07, 6.45) is 1.77.